The van der Waals surface area contributed by atoms with E-state index in [-0.39, 0.29) is 0 Å². The Morgan fingerprint density at radius 2 is 1.37 bits per heavy atom. The van der Waals surface area contributed by atoms with E-state index in [1.807, 2.05) is 24.3 Å². The SMILES string of the molecule is c1ccc(CCc2nnc3nc(-c4ccccc4)c4ccccc4n23)cc1. The summed E-state index contributed by atoms with van der Waals surface area (Å²) >= 11 is 0. The Balaban J connectivity index is 1.65. The second-order valence-electron chi connectivity index (χ2n) is 6.58. The third-order valence-electron chi connectivity index (χ3n) is 4.85. The first-order valence-electron chi connectivity index (χ1n) is 9.12. The smallest absolute Gasteiger partial charge is 0.256 e. The van der Waals surface area contributed by atoms with Gasteiger partial charge in [0, 0.05) is 17.4 Å². The van der Waals surface area contributed by atoms with E-state index in [1.165, 1.54) is 5.56 Å². The first kappa shape index (κ1) is 15.7. The second-order valence-corrected chi connectivity index (χ2v) is 6.58. The Morgan fingerprint density at radius 1 is 0.667 bits per heavy atom. The van der Waals surface area contributed by atoms with Crippen LogP contribution in [0.5, 0.6) is 0 Å². The van der Waals surface area contributed by atoms with Gasteiger partial charge in [0.1, 0.15) is 5.82 Å². The van der Waals surface area contributed by atoms with Gasteiger partial charge < -0.3 is 0 Å². The topological polar surface area (TPSA) is 43.1 Å². The molecule has 0 atom stereocenters. The van der Waals surface area contributed by atoms with Crippen LogP contribution < -0.4 is 0 Å². The fourth-order valence-corrected chi connectivity index (χ4v) is 3.53. The molecule has 3 aromatic carbocycles. The molecule has 0 saturated carbocycles. The average Bonchev–Trinajstić information content (AvgIpc) is 3.16. The number of benzene rings is 3. The zero-order valence-corrected chi connectivity index (χ0v) is 14.8. The van der Waals surface area contributed by atoms with Gasteiger partial charge in [-0.05, 0) is 18.1 Å². The Labute approximate surface area is 157 Å². The molecule has 27 heavy (non-hydrogen) atoms. The number of hydrogen-bond acceptors (Lipinski definition) is 3. The van der Waals surface area contributed by atoms with Gasteiger partial charge in [0.15, 0.2) is 0 Å². The maximum Gasteiger partial charge on any atom is 0.256 e. The van der Waals surface area contributed by atoms with E-state index in [0.29, 0.717) is 5.78 Å². The molecule has 0 fully saturated rings. The van der Waals surface area contributed by atoms with Crippen molar-refractivity contribution < 1.29 is 0 Å². The highest BCUT2D eigenvalue weighted by Gasteiger charge is 2.14. The maximum absolute atomic E-state index is 4.84. The fraction of sp³-hybridized carbons (Fsp3) is 0.0870. The highest BCUT2D eigenvalue weighted by molar-refractivity contribution is 5.94. The molecule has 0 amide bonds. The summed E-state index contributed by atoms with van der Waals surface area (Å²) in [6.07, 6.45) is 1.75. The van der Waals surface area contributed by atoms with Crippen LogP contribution in [0.25, 0.3) is 27.9 Å². The van der Waals surface area contributed by atoms with Gasteiger partial charge in [-0.25, -0.2) is 4.98 Å². The van der Waals surface area contributed by atoms with Crippen molar-refractivity contribution in [3.63, 3.8) is 0 Å². The van der Waals surface area contributed by atoms with Gasteiger partial charge in [-0.1, -0.05) is 78.9 Å². The molecule has 2 heterocycles. The first-order chi connectivity index (χ1) is 13.4. The summed E-state index contributed by atoms with van der Waals surface area (Å²) in [7, 11) is 0. The number of aryl methyl sites for hydroxylation is 2. The van der Waals surface area contributed by atoms with E-state index in [9.17, 15) is 0 Å². The summed E-state index contributed by atoms with van der Waals surface area (Å²) in [6.45, 7) is 0. The molecule has 0 spiro atoms. The van der Waals surface area contributed by atoms with E-state index < -0.39 is 0 Å². The summed E-state index contributed by atoms with van der Waals surface area (Å²) in [4.78, 5) is 4.84. The summed E-state index contributed by atoms with van der Waals surface area (Å²) in [6, 6.07) is 29.1. The average molecular weight is 350 g/mol. The quantitative estimate of drug-likeness (QED) is 0.471. The van der Waals surface area contributed by atoms with Crippen molar-refractivity contribution in [2.75, 3.05) is 0 Å². The molecule has 0 N–H and O–H groups in total. The lowest BCUT2D eigenvalue weighted by molar-refractivity contribution is 0.847. The monoisotopic (exact) mass is 350 g/mol. The lowest BCUT2D eigenvalue weighted by Crippen LogP contribution is -2.01. The molecular formula is C23H18N4. The highest BCUT2D eigenvalue weighted by Crippen LogP contribution is 2.28. The molecular weight excluding hydrogens is 332 g/mol. The van der Waals surface area contributed by atoms with Crippen molar-refractivity contribution in [3.8, 4) is 11.3 Å². The summed E-state index contributed by atoms with van der Waals surface area (Å²) in [5.74, 6) is 1.59. The highest BCUT2D eigenvalue weighted by atomic mass is 15.3. The lowest BCUT2D eigenvalue weighted by atomic mass is 10.1. The van der Waals surface area contributed by atoms with Gasteiger partial charge in [0.05, 0.1) is 11.2 Å². The minimum absolute atomic E-state index is 0.649. The Bertz CT molecular complexity index is 1210. The van der Waals surface area contributed by atoms with Crippen molar-refractivity contribution in [2.45, 2.75) is 12.8 Å². The molecule has 0 aliphatic rings. The van der Waals surface area contributed by atoms with Crippen LogP contribution in [0, 0.1) is 0 Å². The predicted molar refractivity (Wildman–Crippen MR) is 108 cm³/mol. The van der Waals surface area contributed by atoms with Gasteiger partial charge in [-0.2, -0.15) is 0 Å². The van der Waals surface area contributed by atoms with Gasteiger partial charge in [0.25, 0.3) is 5.78 Å². The van der Waals surface area contributed by atoms with Crippen LogP contribution in [-0.4, -0.2) is 19.6 Å². The molecule has 4 heteroatoms. The zero-order chi connectivity index (χ0) is 18.1. The zero-order valence-electron chi connectivity index (χ0n) is 14.8. The molecule has 0 saturated heterocycles. The molecule has 0 aliphatic carbocycles. The van der Waals surface area contributed by atoms with Gasteiger partial charge in [-0.15, -0.1) is 10.2 Å². The maximum atomic E-state index is 4.84. The second kappa shape index (κ2) is 6.65. The predicted octanol–water partition coefficient (Wildman–Crippen LogP) is 4.73. The largest absolute Gasteiger partial charge is 0.263 e. The Morgan fingerprint density at radius 3 is 2.19 bits per heavy atom. The number of hydrogen-bond donors (Lipinski definition) is 0. The van der Waals surface area contributed by atoms with E-state index in [0.717, 1.165) is 40.8 Å². The Kier molecular flexibility index (Phi) is 3.87. The van der Waals surface area contributed by atoms with Gasteiger partial charge >= 0.3 is 0 Å². The van der Waals surface area contributed by atoms with Crippen LogP contribution in [0.2, 0.25) is 0 Å². The van der Waals surface area contributed by atoms with Crippen molar-refractivity contribution >= 4 is 16.7 Å². The van der Waals surface area contributed by atoms with E-state index in [1.54, 1.807) is 0 Å². The van der Waals surface area contributed by atoms with Crippen LogP contribution in [-0.2, 0) is 12.8 Å². The Hall–Kier alpha value is -3.53. The fourth-order valence-electron chi connectivity index (χ4n) is 3.53. The number of para-hydroxylation sites is 1. The minimum atomic E-state index is 0.649. The number of nitrogens with zero attached hydrogens (tertiary/aromatic N) is 4. The molecule has 130 valence electrons. The number of aromatic nitrogens is 4. The summed E-state index contributed by atoms with van der Waals surface area (Å²) in [5, 5.41) is 9.92. The van der Waals surface area contributed by atoms with Gasteiger partial charge in [0.2, 0.25) is 0 Å². The van der Waals surface area contributed by atoms with Crippen molar-refractivity contribution in [1.29, 1.82) is 0 Å². The van der Waals surface area contributed by atoms with Crippen molar-refractivity contribution in [3.05, 3.63) is 96.3 Å². The molecule has 0 radical (unpaired) electrons. The molecule has 4 nitrogen and oxygen atoms in total. The van der Waals surface area contributed by atoms with E-state index >= 15 is 0 Å². The number of rotatable bonds is 4. The van der Waals surface area contributed by atoms with E-state index in [4.69, 9.17) is 4.98 Å². The van der Waals surface area contributed by atoms with Crippen LogP contribution >= 0.6 is 0 Å². The molecule has 5 aromatic rings. The lowest BCUT2D eigenvalue weighted by Gasteiger charge is -2.09. The van der Waals surface area contributed by atoms with Crippen LogP contribution in [0.15, 0.2) is 84.9 Å². The summed E-state index contributed by atoms with van der Waals surface area (Å²) in [5.41, 5.74) is 4.42. The molecule has 5 rings (SSSR count). The van der Waals surface area contributed by atoms with E-state index in [2.05, 4.69) is 75.3 Å². The molecule has 2 aromatic heterocycles. The minimum Gasteiger partial charge on any atom is -0.263 e. The molecule has 0 bridgehead atoms. The summed E-state index contributed by atoms with van der Waals surface area (Å²) < 4.78 is 2.09. The molecule has 0 unspecified atom stereocenters. The van der Waals surface area contributed by atoms with Crippen LogP contribution in [0.4, 0.5) is 0 Å². The number of fused-ring (bicyclic) bond motifs is 3. The standard InChI is InChI=1S/C23H18N4/c1-3-9-17(10-4-1)15-16-21-25-26-23-24-22(18-11-5-2-6-12-18)19-13-7-8-14-20(19)27(21)23/h1-14H,15-16H2. The third kappa shape index (κ3) is 2.85. The third-order valence-corrected chi connectivity index (χ3v) is 4.85. The van der Waals surface area contributed by atoms with Crippen molar-refractivity contribution in [2.24, 2.45) is 0 Å². The molecule has 0 aliphatic heterocycles. The van der Waals surface area contributed by atoms with Gasteiger partial charge in [-0.3, -0.25) is 4.40 Å². The van der Waals surface area contributed by atoms with Crippen molar-refractivity contribution in [1.82, 2.24) is 19.6 Å². The normalized spacial score (nSPS) is 11.3. The first-order valence-corrected chi connectivity index (χ1v) is 9.12. The van der Waals surface area contributed by atoms with Crippen LogP contribution in [0.3, 0.4) is 0 Å². The van der Waals surface area contributed by atoms with Crippen LogP contribution in [0.1, 0.15) is 11.4 Å².